The van der Waals surface area contributed by atoms with Gasteiger partial charge in [-0.1, -0.05) is 42.2 Å². The number of para-hydroxylation sites is 1. The SMILES string of the molecule is COCCCN1C(=O)/C(=C/c2ccccc2O)SC1=S. The van der Waals surface area contributed by atoms with Gasteiger partial charge in [-0.2, -0.15) is 0 Å². The molecule has 0 saturated carbocycles. The minimum absolute atomic E-state index is 0.112. The van der Waals surface area contributed by atoms with Crippen LogP contribution < -0.4 is 0 Å². The van der Waals surface area contributed by atoms with Crippen LogP contribution in [0.3, 0.4) is 0 Å². The van der Waals surface area contributed by atoms with Crippen molar-refractivity contribution in [3.05, 3.63) is 34.7 Å². The van der Waals surface area contributed by atoms with Gasteiger partial charge in [-0.05, 0) is 18.6 Å². The molecule has 1 aliphatic heterocycles. The van der Waals surface area contributed by atoms with Crippen molar-refractivity contribution < 1.29 is 14.6 Å². The highest BCUT2D eigenvalue weighted by molar-refractivity contribution is 8.26. The van der Waals surface area contributed by atoms with Crippen LogP contribution in [0.1, 0.15) is 12.0 Å². The van der Waals surface area contributed by atoms with Crippen LogP contribution in [0, 0.1) is 0 Å². The van der Waals surface area contributed by atoms with Crippen molar-refractivity contribution in [1.29, 1.82) is 0 Å². The Bertz CT molecular complexity index is 557. The molecule has 1 N–H and O–H groups in total. The van der Waals surface area contributed by atoms with Crippen molar-refractivity contribution >= 4 is 40.3 Å². The van der Waals surface area contributed by atoms with E-state index >= 15 is 0 Å². The molecule has 0 radical (unpaired) electrons. The molecule has 0 unspecified atom stereocenters. The lowest BCUT2D eigenvalue weighted by Crippen LogP contribution is -2.29. The van der Waals surface area contributed by atoms with E-state index in [1.54, 1.807) is 36.3 Å². The minimum Gasteiger partial charge on any atom is -0.507 e. The van der Waals surface area contributed by atoms with Gasteiger partial charge in [0.15, 0.2) is 0 Å². The van der Waals surface area contributed by atoms with Crippen molar-refractivity contribution in [2.75, 3.05) is 20.3 Å². The molecule has 106 valence electrons. The first-order valence-electron chi connectivity index (χ1n) is 6.16. The number of amides is 1. The summed E-state index contributed by atoms with van der Waals surface area (Å²) in [6.45, 7) is 1.15. The topological polar surface area (TPSA) is 49.8 Å². The van der Waals surface area contributed by atoms with Crippen molar-refractivity contribution in [3.8, 4) is 5.75 Å². The predicted octanol–water partition coefficient (Wildman–Crippen LogP) is 2.63. The molecule has 6 heteroatoms. The molecule has 1 fully saturated rings. The Hall–Kier alpha value is -1.37. The third kappa shape index (κ3) is 3.39. The van der Waals surface area contributed by atoms with Crippen LogP contribution in [0.5, 0.6) is 5.75 Å². The second-order valence-electron chi connectivity index (χ2n) is 4.24. The third-order valence-corrected chi connectivity index (χ3v) is 4.20. The van der Waals surface area contributed by atoms with Crippen molar-refractivity contribution in [2.24, 2.45) is 0 Å². The number of hydrogen-bond acceptors (Lipinski definition) is 5. The highest BCUT2D eigenvalue weighted by atomic mass is 32.2. The second kappa shape index (κ2) is 6.88. The summed E-state index contributed by atoms with van der Waals surface area (Å²) < 4.78 is 5.52. The fourth-order valence-electron chi connectivity index (χ4n) is 1.81. The highest BCUT2D eigenvalue weighted by Crippen LogP contribution is 2.33. The molecular weight excluding hydrogens is 294 g/mol. The van der Waals surface area contributed by atoms with Gasteiger partial charge in [0.05, 0.1) is 4.91 Å². The number of benzene rings is 1. The Morgan fingerprint density at radius 1 is 1.45 bits per heavy atom. The quantitative estimate of drug-likeness (QED) is 0.515. The number of thioether (sulfide) groups is 1. The monoisotopic (exact) mass is 309 g/mol. The molecule has 1 aromatic rings. The van der Waals surface area contributed by atoms with Crippen LogP contribution in [0.4, 0.5) is 0 Å². The average Bonchev–Trinajstić information content (AvgIpc) is 2.69. The predicted molar refractivity (Wildman–Crippen MR) is 84.5 cm³/mol. The normalized spacial score (nSPS) is 17.2. The molecule has 1 aliphatic rings. The summed E-state index contributed by atoms with van der Waals surface area (Å²) in [6, 6.07) is 6.89. The van der Waals surface area contributed by atoms with Gasteiger partial charge in [-0.15, -0.1) is 0 Å². The van der Waals surface area contributed by atoms with Gasteiger partial charge >= 0.3 is 0 Å². The van der Waals surface area contributed by atoms with E-state index in [0.29, 0.717) is 27.9 Å². The molecule has 1 aromatic carbocycles. The molecule has 1 heterocycles. The van der Waals surface area contributed by atoms with E-state index in [1.165, 1.54) is 11.8 Å². The first-order valence-corrected chi connectivity index (χ1v) is 7.38. The standard InChI is InChI=1S/C14H15NO3S2/c1-18-8-4-7-15-13(17)12(20-14(15)19)9-10-5-2-3-6-11(10)16/h2-3,5-6,9,16H,4,7-8H2,1H3/b12-9-. The van der Waals surface area contributed by atoms with E-state index < -0.39 is 0 Å². The fraction of sp³-hybridized carbons (Fsp3) is 0.286. The first kappa shape index (κ1) is 15.0. The van der Waals surface area contributed by atoms with E-state index in [4.69, 9.17) is 17.0 Å². The van der Waals surface area contributed by atoms with Crippen LogP contribution in [0.15, 0.2) is 29.2 Å². The Labute approximate surface area is 127 Å². The third-order valence-electron chi connectivity index (χ3n) is 2.83. The number of aromatic hydroxyl groups is 1. The number of phenols is 1. The summed E-state index contributed by atoms with van der Waals surface area (Å²) in [7, 11) is 1.63. The highest BCUT2D eigenvalue weighted by Gasteiger charge is 2.31. The van der Waals surface area contributed by atoms with E-state index in [9.17, 15) is 9.90 Å². The van der Waals surface area contributed by atoms with Gasteiger partial charge in [0.25, 0.3) is 5.91 Å². The molecule has 0 aliphatic carbocycles. The van der Waals surface area contributed by atoms with Crippen LogP contribution in [0.2, 0.25) is 0 Å². The Balaban J connectivity index is 2.13. The number of methoxy groups -OCH3 is 1. The lowest BCUT2D eigenvalue weighted by molar-refractivity contribution is -0.122. The number of rotatable bonds is 5. The Morgan fingerprint density at radius 2 is 2.20 bits per heavy atom. The van der Waals surface area contributed by atoms with E-state index in [2.05, 4.69) is 0 Å². The van der Waals surface area contributed by atoms with Gasteiger partial charge in [-0.25, -0.2) is 0 Å². The minimum atomic E-state index is -0.112. The molecule has 0 atom stereocenters. The molecule has 1 saturated heterocycles. The van der Waals surface area contributed by atoms with E-state index in [-0.39, 0.29) is 11.7 Å². The molecule has 1 amide bonds. The van der Waals surface area contributed by atoms with E-state index in [0.717, 1.165) is 6.42 Å². The summed E-state index contributed by atoms with van der Waals surface area (Å²) in [5.41, 5.74) is 0.616. The van der Waals surface area contributed by atoms with Crippen LogP contribution >= 0.6 is 24.0 Å². The zero-order chi connectivity index (χ0) is 14.5. The summed E-state index contributed by atoms with van der Waals surface area (Å²) >= 11 is 6.48. The Morgan fingerprint density at radius 3 is 2.90 bits per heavy atom. The molecule has 2 rings (SSSR count). The summed E-state index contributed by atoms with van der Waals surface area (Å²) in [5, 5.41) is 9.73. The van der Waals surface area contributed by atoms with Crippen LogP contribution in [0.25, 0.3) is 6.08 Å². The second-order valence-corrected chi connectivity index (χ2v) is 5.91. The van der Waals surface area contributed by atoms with Gasteiger partial charge < -0.3 is 9.84 Å². The largest absolute Gasteiger partial charge is 0.507 e. The number of phenolic OH excluding ortho intramolecular Hbond substituents is 1. The van der Waals surface area contributed by atoms with Gasteiger partial charge in [0.2, 0.25) is 0 Å². The molecular formula is C14H15NO3S2. The van der Waals surface area contributed by atoms with Gasteiger partial charge in [0.1, 0.15) is 10.1 Å². The maximum absolute atomic E-state index is 12.3. The number of carbonyl (C=O) groups excluding carboxylic acids is 1. The lowest BCUT2D eigenvalue weighted by Gasteiger charge is -2.13. The van der Waals surface area contributed by atoms with E-state index in [1.807, 2.05) is 6.07 Å². The maximum Gasteiger partial charge on any atom is 0.266 e. The molecule has 0 aromatic heterocycles. The van der Waals surface area contributed by atoms with Crippen LogP contribution in [-0.4, -0.2) is 40.5 Å². The number of ether oxygens (including phenoxy) is 1. The zero-order valence-electron chi connectivity index (χ0n) is 11.0. The summed E-state index contributed by atoms with van der Waals surface area (Å²) in [4.78, 5) is 14.4. The Kier molecular flexibility index (Phi) is 5.17. The zero-order valence-corrected chi connectivity index (χ0v) is 12.7. The summed E-state index contributed by atoms with van der Waals surface area (Å²) in [5.74, 6) is 0.0384. The van der Waals surface area contributed by atoms with Crippen LogP contribution in [-0.2, 0) is 9.53 Å². The van der Waals surface area contributed by atoms with Gasteiger partial charge in [-0.3, -0.25) is 9.69 Å². The first-order chi connectivity index (χ1) is 9.63. The maximum atomic E-state index is 12.3. The van der Waals surface area contributed by atoms with Gasteiger partial charge in [0, 0.05) is 25.8 Å². The number of nitrogens with zero attached hydrogens (tertiary/aromatic N) is 1. The van der Waals surface area contributed by atoms with Crippen molar-refractivity contribution in [1.82, 2.24) is 4.90 Å². The molecule has 0 bridgehead atoms. The van der Waals surface area contributed by atoms with Crippen molar-refractivity contribution in [2.45, 2.75) is 6.42 Å². The molecule has 0 spiro atoms. The fourth-order valence-corrected chi connectivity index (χ4v) is 3.11. The lowest BCUT2D eigenvalue weighted by atomic mass is 10.2. The average molecular weight is 309 g/mol. The number of hydrogen-bond donors (Lipinski definition) is 1. The van der Waals surface area contributed by atoms with Crippen molar-refractivity contribution in [3.63, 3.8) is 0 Å². The smallest absolute Gasteiger partial charge is 0.266 e. The number of carbonyl (C=O) groups is 1. The molecule has 20 heavy (non-hydrogen) atoms. The number of thiocarbonyl (C=S) groups is 1. The summed E-state index contributed by atoms with van der Waals surface area (Å²) in [6.07, 6.45) is 2.41. The molecule has 4 nitrogen and oxygen atoms in total.